The molecule has 1 fully saturated rings. The first-order chi connectivity index (χ1) is 15.3. The van der Waals surface area contributed by atoms with Gasteiger partial charge in [0.25, 0.3) is 17.4 Å². The van der Waals surface area contributed by atoms with Crippen molar-refractivity contribution < 1.29 is 19.6 Å². The minimum atomic E-state index is -0.946. The van der Waals surface area contributed by atoms with Gasteiger partial charge in [-0.2, -0.15) is 0 Å². The SMILES string of the molecule is Cc1cc(Cl)ccc1N1C(=O)C(=O)/C(=C(/O)c2ccc([N+](=O)[O-])cc2)C1c1cccnc1. The fourth-order valence-electron chi connectivity index (χ4n) is 3.72. The molecule has 32 heavy (non-hydrogen) atoms. The van der Waals surface area contributed by atoms with Crippen molar-refractivity contribution in [2.24, 2.45) is 0 Å². The molecule has 160 valence electrons. The third-order valence-electron chi connectivity index (χ3n) is 5.21. The molecule has 0 saturated carbocycles. The van der Waals surface area contributed by atoms with Gasteiger partial charge in [0.15, 0.2) is 0 Å². The normalized spacial score (nSPS) is 17.6. The molecule has 1 aliphatic heterocycles. The minimum Gasteiger partial charge on any atom is -0.507 e. The zero-order chi connectivity index (χ0) is 23.0. The van der Waals surface area contributed by atoms with Gasteiger partial charge in [-0.25, -0.2) is 0 Å². The lowest BCUT2D eigenvalue weighted by Gasteiger charge is -2.26. The summed E-state index contributed by atoms with van der Waals surface area (Å²) in [6.07, 6.45) is 3.07. The molecule has 1 N–H and O–H groups in total. The number of rotatable bonds is 4. The highest BCUT2D eigenvalue weighted by atomic mass is 35.5. The predicted octanol–water partition coefficient (Wildman–Crippen LogP) is 4.58. The number of hydrogen-bond acceptors (Lipinski definition) is 6. The number of anilines is 1. The molecule has 0 radical (unpaired) electrons. The molecule has 1 saturated heterocycles. The first-order valence-electron chi connectivity index (χ1n) is 9.51. The Bertz CT molecular complexity index is 1270. The Morgan fingerprint density at radius 1 is 1.16 bits per heavy atom. The van der Waals surface area contributed by atoms with Crippen molar-refractivity contribution in [1.29, 1.82) is 0 Å². The summed E-state index contributed by atoms with van der Waals surface area (Å²) in [5, 5.41) is 22.4. The third-order valence-corrected chi connectivity index (χ3v) is 5.45. The van der Waals surface area contributed by atoms with Gasteiger partial charge in [-0.05, 0) is 54.4 Å². The number of halogens is 1. The van der Waals surface area contributed by atoms with Crippen LogP contribution in [0.5, 0.6) is 0 Å². The van der Waals surface area contributed by atoms with E-state index < -0.39 is 28.4 Å². The van der Waals surface area contributed by atoms with Gasteiger partial charge in [0.2, 0.25) is 0 Å². The summed E-state index contributed by atoms with van der Waals surface area (Å²) in [4.78, 5) is 41.9. The van der Waals surface area contributed by atoms with Gasteiger partial charge >= 0.3 is 0 Å². The van der Waals surface area contributed by atoms with Crippen LogP contribution in [0.3, 0.4) is 0 Å². The van der Waals surface area contributed by atoms with Crippen LogP contribution in [-0.2, 0) is 9.59 Å². The summed E-state index contributed by atoms with van der Waals surface area (Å²) in [5.41, 5.74) is 1.53. The minimum absolute atomic E-state index is 0.133. The first-order valence-corrected chi connectivity index (χ1v) is 9.89. The van der Waals surface area contributed by atoms with E-state index in [0.29, 0.717) is 21.8 Å². The van der Waals surface area contributed by atoms with Crippen LogP contribution in [0.15, 0.2) is 72.6 Å². The summed E-state index contributed by atoms with van der Waals surface area (Å²) >= 11 is 6.06. The smallest absolute Gasteiger partial charge is 0.300 e. The van der Waals surface area contributed by atoms with Crippen LogP contribution < -0.4 is 4.90 Å². The summed E-state index contributed by atoms with van der Waals surface area (Å²) in [6.45, 7) is 1.76. The zero-order valence-electron chi connectivity index (χ0n) is 16.7. The molecule has 0 bridgehead atoms. The molecule has 1 aliphatic rings. The maximum Gasteiger partial charge on any atom is 0.300 e. The topological polar surface area (TPSA) is 114 Å². The van der Waals surface area contributed by atoms with Crippen molar-refractivity contribution in [1.82, 2.24) is 4.98 Å². The van der Waals surface area contributed by atoms with Gasteiger partial charge in [-0.1, -0.05) is 17.7 Å². The highest BCUT2D eigenvalue weighted by Crippen LogP contribution is 2.43. The second-order valence-electron chi connectivity index (χ2n) is 7.19. The first kappa shape index (κ1) is 21.2. The Morgan fingerprint density at radius 3 is 2.47 bits per heavy atom. The number of aromatic nitrogens is 1. The molecule has 1 unspecified atom stereocenters. The van der Waals surface area contributed by atoms with Crippen molar-refractivity contribution in [2.45, 2.75) is 13.0 Å². The van der Waals surface area contributed by atoms with Crippen LogP contribution >= 0.6 is 11.6 Å². The second-order valence-corrected chi connectivity index (χ2v) is 7.63. The summed E-state index contributed by atoms with van der Waals surface area (Å²) in [5.74, 6) is -2.11. The Hall–Kier alpha value is -4.04. The second kappa shape index (κ2) is 8.24. The summed E-state index contributed by atoms with van der Waals surface area (Å²) in [7, 11) is 0. The Labute approximate surface area is 187 Å². The molecular weight excluding hydrogens is 434 g/mol. The number of nitro benzene ring substituents is 1. The lowest BCUT2D eigenvalue weighted by Crippen LogP contribution is -2.30. The number of non-ortho nitro benzene ring substituents is 1. The molecule has 2 heterocycles. The molecule has 9 heteroatoms. The van der Waals surface area contributed by atoms with E-state index >= 15 is 0 Å². The monoisotopic (exact) mass is 449 g/mol. The van der Waals surface area contributed by atoms with Gasteiger partial charge in [0.1, 0.15) is 5.76 Å². The number of aryl methyl sites for hydroxylation is 1. The summed E-state index contributed by atoms with van der Waals surface area (Å²) < 4.78 is 0. The number of pyridine rings is 1. The van der Waals surface area contributed by atoms with E-state index in [-0.39, 0.29) is 16.8 Å². The molecule has 2 aromatic carbocycles. The Kier molecular flexibility index (Phi) is 5.46. The molecule has 8 nitrogen and oxygen atoms in total. The van der Waals surface area contributed by atoms with E-state index in [1.54, 1.807) is 43.5 Å². The maximum atomic E-state index is 13.1. The van der Waals surface area contributed by atoms with Crippen molar-refractivity contribution in [3.8, 4) is 0 Å². The predicted molar refractivity (Wildman–Crippen MR) is 118 cm³/mol. The molecule has 3 aromatic rings. The van der Waals surface area contributed by atoms with Crippen molar-refractivity contribution in [2.75, 3.05) is 4.90 Å². The number of carbonyl (C=O) groups excluding carboxylic acids is 2. The van der Waals surface area contributed by atoms with Gasteiger partial charge < -0.3 is 5.11 Å². The molecule has 1 amide bonds. The van der Waals surface area contributed by atoms with Crippen LogP contribution in [0.25, 0.3) is 5.76 Å². The highest BCUT2D eigenvalue weighted by Gasteiger charge is 2.47. The van der Waals surface area contributed by atoms with E-state index in [4.69, 9.17) is 11.6 Å². The third kappa shape index (κ3) is 3.61. The van der Waals surface area contributed by atoms with Crippen LogP contribution in [-0.4, -0.2) is 26.7 Å². The molecule has 1 atom stereocenters. The summed E-state index contributed by atoms with van der Waals surface area (Å²) in [6, 6.07) is 12.4. The number of aliphatic hydroxyl groups is 1. The molecule has 1 aromatic heterocycles. The lowest BCUT2D eigenvalue weighted by atomic mass is 9.96. The van der Waals surface area contributed by atoms with E-state index in [1.807, 2.05) is 0 Å². The number of amides is 1. The molecular formula is C23H16ClN3O5. The maximum absolute atomic E-state index is 13.1. The van der Waals surface area contributed by atoms with Crippen LogP contribution in [0.1, 0.15) is 22.7 Å². The van der Waals surface area contributed by atoms with E-state index in [1.165, 1.54) is 35.4 Å². The number of carbonyl (C=O) groups is 2. The Morgan fingerprint density at radius 2 is 1.88 bits per heavy atom. The van der Waals surface area contributed by atoms with Crippen molar-refractivity contribution in [3.63, 3.8) is 0 Å². The van der Waals surface area contributed by atoms with Crippen molar-refractivity contribution in [3.05, 3.63) is 104 Å². The number of Topliss-reactive ketones (excluding diaryl/α,β-unsaturated/α-hetero) is 1. The van der Waals surface area contributed by atoms with Crippen LogP contribution in [0, 0.1) is 17.0 Å². The van der Waals surface area contributed by atoms with Gasteiger partial charge in [0.05, 0.1) is 16.5 Å². The van der Waals surface area contributed by atoms with E-state index in [9.17, 15) is 24.8 Å². The largest absolute Gasteiger partial charge is 0.507 e. The van der Waals surface area contributed by atoms with Crippen molar-refractivity contribution >= 4 is 40.4 Å². The quantitative estimate of drug-likeness (QED) is 0.205. The number of nitrogens with zero attached hydrogens (tertiary/aromatic N) is 3. The van der Waals surface area contributed by atoms with Crippen LogP contribution in [0.2, 0.25) is 5.02 Å². The fourth-order valence-corrected chi connectivity index (χ4v) is 3.95. The standard InChI is InChI=1S/C23H16ClN3O5/c1-13-11-16(24)6-9-18(13)26-20(15-3-2-10-25-12-15)19(22(29)23(26)30)21(28)14-4-7-17(8-5-14)27(31)32/h2-12,20,28H,1H3/b21-19+. The molecule has 0 spiro atoms. The van der Waals surface area contributed by atoms with E-state index in [0.717, 1.165) is 0 Å². The number of benzene rings is 2. The van der Waals surface area contributed by atoms with E-state index in [2.05, 4.69) is 4.98 Å². The number of ketones is 1. The molecule has 0 aliphatic carbocycles. The van der Waals surface area contributed by atoms with Crippen LogP contribution in [0.4, 0.5) is 11.4 Å². The zero-order valence-corrected chi connectivity index (χ0v) is 17.5. The number of aliphatic hydroxyl groups excluding tert-OH is 1. The van der Waals surface area contributed by atoms with Gasteiger partial charge in [-0.15, -0.1) is 0 Å². The van der Waals surface area contributed by atoms with Gasteiger partial charge in [-0.3, -0.25) is 29.6 Å². The average molecular weight is 450 g/mol. The Balaban J connectivity index is 1.92. The highest BCUT2D eigenvalue weighted by molar-refractivity contribution is 6.51. The fraction of sp³-hybridized carbons (Fsp3) is 0.0870. The number of hydrogen-bond donors (Lipinski definition) is 1. The average Bonchev–Trinajstić information content (AvgIpc) is 3.04. The number of nitro groups is 1. The lowest BCUT2D eigenvalue weighted by molar-refractivity contribution is -0.384. The molecule has 4 rings (SSSR count). The van der Waals surface area contributed by atoms with Gasteiger partial charge in [0, 0.05) is 40.8 Å².